The molecule has 1 fully saturated rings. The summed E-state index contributed by atoms with van der Waals surface area (Å²) in [6.07, 6.45) is 0.00302. The molecule has 1 aliphatic rings. The van der Waals surface area contributed by atoms with Gasteiger partial charge in [0.1, 0.15) is 5.82 Å². The molecule has 0 bridgehead atoms. The lowest BCUT2D eigenvalue weighted by Crippen LogP contribution is -2.48. The van der Waals surface area contributed by atoms with Crippen molar-refractivity contribution in [2.24, 2.45) is 5.92 Å². The number of halogens is 1. The zero-order valence-corrected chi connectivity index (χ0v) is 21.0. The molecule has 7 nitrogen and oxygen atoms in total. The molecule has 35 heavy (non-hydrogen) atoms. The fourth-order valence-corrected chi connectivity index (χ4v) is 4.88. The van der Waals surface area contributed by atoms with Crippen molar-refractivity contribution in [3.05, 3.63) is 66.0 Å². The van der Waals surface area contributed by atoms with Crippen molar-refractivity contribution in [3.63, 3.8) is 0 Å². The number of carbonyl (C=O) groups excluding carboxylic acids is 1. The molecule has 9 heteroatoms. The van der Waals surface area contributed by atoms with Gasteiger partial charge in [-0.05, 0) is 35.7 Å². The Labute approximate surface area is 210 Å². The second kappa shape index (κ2) is 12.3. The molecule has 0 saturated carbocycles. The van der Waals surface area contributed by atoms with E-state index in [-0.39, 0.29) is 23.6 Å². The number of hydrogen-bond donors (Lipinski definition) is 1. The Balaban J connectivity index is 1.38. The fourth-order valence-electron chi connectivity index (χ4n) is 4.11. The third kappa shape index (κ3) is 7.37. The van der Waals surface area contributed by atoms with E-state index < -0.39 is 0 Å². The first-order chi connectivity index (χ1) is 17.0. The predicted octanol–water partition coefficient (Wildman–Crippen LogP) is 3.70. The van der Waals surface area contributed by atoms with Gasteiger partial charge in [-0.2, -0.15) is 0 Å². The van der Waals surface area contributed by atoms with Gasteiger partial charge in [0, 0.05) is 31.7 Å². The van der Waals surface area contributed by atoms with E-state index in [0.717, 1.165) is 30.8 Å². The molecule has 0 radical (unpaired) electrons. The van der Waals surface area contributed by atoms with Crippen LogP contribution in [0.1, 0.15) is 19.4 Å². The molecule has 0 aliphatic carbocycles. The van der Waals surface area contributed by atoms with E-state index in [2.05, 4.69) is 34.3 Å². The van der Waals surface area contributed by atoms with Gasteiger partial charge in [0.05, 0.1) is 25.0 Å². The minimum absolute atomic E-state index is 0.00302. The summed E-state index contributed by atoms with van der Waals surface area (Å²) in [6, 6.07) is 16.2. The number of aromatic nitrogens is 3. The molecule has 1 saturated heterocycles. The van der Waals surface area contributed by atoms with Crippen LogP contribution in [-0.2, 0) is 16.1 Å². The number of carbonyl (C=O) groups is 1. The van der Waals surface area contributed by atoms with Crippen molar-refractivity contribution in [2.75, 3.05) is 38.5 Å². The lowest BCUT2D eigenvalue weighted by atomic mass is 10.2. The summed E-state index contributed by atoms with van der Waals surface area (Å²) in [6.45, 7) is 8.96. The third-order valence-corrected chi connectivity index (χ3v) is 6.68. The van der Waals surface area contributed by atoms with E-state index in [4.69, 9.17) is 4.74 Å². The smallest absolute Gasteiger partial charge is 0.230 e. The van der Waals surface area contributed by atoms with Crippen LogP contribution in [0.25, 0.3) is 11.4 Å². The van der Waals surface area contributed by atoms with Crippen molar-refractivity contribution in [2.45, 2.75) is 31.7 Å². The zero-order chi connectivity index (χ0) is 24.6. The third-order valence-electron chi connectivity index (χ3n) is 5.71. The molecule has 2 aromatic carbocycles. The number of ether oxygens (including phenoxy) is 1. The summed E-state index contributed by atoms with van der Waals surface area (Å²) in [4.78, 5) is 15.0. The van der Waals surface area contributed by atoms with Crippen LogP contribution < -0.4 is 5.32 Å². The van der Waals surface area contributed by atoms with Gasteiger partial charge in [-0.15, -0.1) is 10.2 Å². The Morgan fingerprint density at radius 3 is 2.69 bits per heavy atom. The van der Waals surface area contributed by atoms with Crippen LogP contribution in [0.5, 0.6) is 0 Å². The monoisotopic (exact) mass is 497 g/mol. The van der Waals surface area contributed by atoms with E-state index in [1.54, 1.807) is 12.1 Å². The standard InChI is InChI=1S/C26H32FN5O2S/c1-19(2)15-31-12-13-34-23(17-31)14-28-24(33)18-35-26-30-29-25(21-8-10-22(27)11-9-21)32(26)16-20-6-4-3-5-7-20/h3-11,19,23H,12-18H2,1-2H3,(H,28,33). The lowest BCUT2D eigenvalue weighted by Gasteiger charge is -2.33. The quantitative estimate of drug-likeness (QED) is 0.431. The average Bonchev–Trinajstić information content (AvgIpc) is 3.24. The molecule has 1 unspecified atom stereocenters. The summed E-state index contributed by atoms with van der Waals surface area (Å²) < 4.78 is 21.2. The van der Waals surface area contributed by atoms with Crippen molar-refractivity contribution in [1.29, 1.82) is 0 Å². The highest BCUT2D eigenvalue weighted by Gasteiger charge is 2.22. The molecule has 1 N–H and O–H groups in total. The molecule has 0 spiro atoms. The highest BCUT2D eigenvalue weighted by Crippen LogP contribution is 2.25. The molecule has 1 atom stereocenters. The van der Waals surface area contributed by atoms with Gasteiger partial charge in [-0.25, -0.2) is 4.39 Å². The minimum atomic E-state index is -0.302. The molecular formula is C26H32FN5O2S. The minimum Gasteiger partial charge on any atom is -0.374 e. The molecule has 1 aromatic heterocycles. The van der Waals surface area contributed by atoms with Crippen LogP contribution >= 0.6 is 11.8 Å². The topological polar surface area (TPSA) is 72.3 Å². The molecule has 3 aromatic rings. The summed E-state index contributed by atoms with van der Waals surface area (Å²) in [5.74, 6) is 1.09. The van der Waals surface area contributed by atoms with Crippen LogP contribution in [0.4, 0.5) is 4.39 Å². The van der Waals surface area contributed by atoms with Gasteiger partial charge in [0.25, 0.3) is 0 Å². The number of benzene rings is 2. The highest BCUT2D eigenvalue weighted by molar-refractivity contribution is 7.99. The molecule has 1 amide bonds. The van der Waals surface area contributed by atoms with Gasteiger partial charge in [-0.3, -0.25) is 14.3 Å². The number of amides is 1. The first-order valence-electron chi connectivity index (χ1n) is 11.9. The van der Waals surface area contributed by atoms with Gasteiger partial charge in [0.15, 0.2) is 11.0 Å². The number of thioether (sulfide) groups is 1. The molecule has 4 rings (SSSR count). The number of hydrogen-bond acceptors (Lipinski definition) is 6. The van der Waals surface area contributed by atoms with Crippen LogP contribution in [0.2, 0.25) is 0 Å². The summed E-state index contributed by atoms with van der Waals surface area (Å²) in [5.41, 5.74) is 1.86. The highest BCUT2D eigenvalue weighted by atomic mass is 32.2. The van der Waals surface area contributed by atoms with E-state index in [9.17, 15) is 9.18 Å². The fraction of sp³-hybridized carbons (Fsp3) is 0.423. The first kappa shape index (κ1) is 25.3. The maximum absolute atomic E-state index is 13.4. The largest absolute Gasteiger partial charge is 0.374 e. The SMILES string of the molecule is CC(C)CN1CCOC(CNC(=O)CSc2nnc(-c3ccc(F)cc3)n2Cc2ccccc2)C1. The van der Waals surface area contributed by atoms with Gasteiger partial charge >= 0.3 is 0 Å². The van der Waals surface area contributed by atoms with E-state index in [1.807, 2.05) is 34.9 Å². The molecule has 1 aliphatic heterocycles. The van der Waals surface area contributed by atoms with Crippen molar-refractivity contribution in [1.82, 2.24) is 25.0 Å². The number of morpholine rings is 1. The number of nitrogens with one attached hydrogen (secondary N) is 1. The maximum Gasteiger partial charge on any atom is 0.230 e. The van der Waals surface area contributed by atoms with E-state index >= 15 is 0 Å². The second-order valence-corrected chi connectivity index (χ2v) is 10.1. The van der Waals surface area contributed by atoms with Gasteiger partial charge < -0.3 is 10.1 Å². The number of nitrogens with zero attached hydrogens (tertiary/aromatic N) is 4. The average molecular weight is 498 g/mol. The van der Waals surface area contributed by atoms with Crippen LogP contribution in [0, 0.1) is 11.7 Å². The van der Waals surface area contributed by atoms with E-state index in [0.29, 0.717) is 36.6 Å². The molecular weight excluding hydrogens is 465 g/mol. The lowest BCUT2D eigenvalue weighted by molar-refractivity contribution is -0.119. The Bertz CT molecular complexity index is 1090. The van der Waals surface area contributed by atoms with Gasteiger partial charge in [-0.1, -0.05) is 55.9 Å². The summed E-state index contributed by atoms with van der Waals surface area (Å²) in [7, 11) is 0. The Kier molecular flexibility index (Phi) is 8.90. The first-order valence-corrected chi connectivity index (χ1v) is 12.9. The molecule has 2 heterocycles. The Hall–Kier alpha value is -2.75. The summed E-state index contributed by atoms with van der Waals surface area (Å²) >= 11 is 1.34. The number of rotatable bonds is 10. The Morgan fingerprint density at radius 1 is 1.17 bits per heavy atom. The Morgan fingerprint density at radius 2 is 1.94 bits per heavy atom. The predicted molar refractivity (Wildman–Crippen MR) is 136 cm³/mol. The van der Waals surface area contributed by atoms with Crippen LogP contribution in [0.15, 0.2) is 59.8 Å². The van der Waals surface area contributed by atoms with E-state index in [1.165, 1.54) is 23.9 Å². The second-order valence-electron chi connectivity index (χ2n) is 9.12. The maximum atomic E-state index is 13.4. The summed E-state index contributed by atoms with van der Waals surface area (Å²) in [5, 5.41) is 12.3. The van der Waals surface area contributed by atoms with Gasteiger partial charge in [0.2, 0.25) is 5.91 Å². The zero-order valence-electron chi connectivity index (χ0n) is 20.2. The van der Waals surface area contributed by atoms with Crippen molar-refractivity contribution < 1.29 is 13.9 Å². The van der Waals surface area contributed by atoms with Crippen molar-refractivity contribution >= 4 is 17.7 Å². The van der Waals surface area contributed by atoms with Crippen LogP contribution in [0.3, 0.4) is 0 Å². The normalized spacial score (nSPS) is 16.5. The van der Waals surface area contributed by atoms with Crippen LogP contribution in [-0.4, -0.2) is 70.2 Å². The molecule has 186 valence electrons. The van der Waals surface area contributed by atoms with Crippen molar-refractivity contribution in [3.8, 4) is 11.4 Å².